The Bertz CT molecular complexity index is 450. The van der Waals surface area contributed by atoms with Gasteiger partial charge in [0, 0.05) is 19.1 Å². The molecule has 4 nitrogen and oxygen atoms in total. The summed E-state index contributed by atoms with van der Waals surface area (Å²) in [6, 6.07) is 11.1. The second kappa shape index (κ2) is 8.91. The zero-order valence-corrected chi connectivity index (χ0v) is 13.8. The second-order valence-electron chi connectivity index (χ2n) is 6.06. The van der Waals surface area contributed by atoms with Gasteiger partial charge in [-0.25, -0.2) is 0 Å². The third kappa shape index (κ3) is 5.11. The van der Waals surface area contributed by atoms with Crippen molar-refractivity contribution in [1.82, 2.24) is 9.80 Å². The third-order valence-corrected chi connectivity index (χ3v) is 4.32. The van der Waals surface area contributed by atoms with Crippen molar-refractivity contribution < 1.29 is 9.53 Å². The van der Waals surface area contributed by atoms with Crippen LogP contribution in [0.15, 0.2) is 30.3 Å². The van der Waals surface area contributed by atoms with Crippen LogP contribution in [0.2, 0.25) is 0 Å². The monoisotopic (exact) mass is 304 g/mol. The van der Waals surface area contributed by atoms with Crippen LogP contribution in [0.25, 0.3) is 0 Å². The van der Waals surface area contributed by atoms with E-state index < -0.39 is 0 Å². The summed E-state index contributed by atoms with van der Waals surface area (Å²) >= 11 is 0. The van der Waals surface area contributed by atoms with E-state index in [-0.39, 0.29) is 5.97 Å². The minimum absolute atomic E-state index is 0.131. The van der Waals surface area contributed by atoms with E-state index in [4.69, 9.17) is 4.74 Å². The first-order chi connectivity index (χ1) is 10.7. The van der Waals surface area contributed by atoms with Gasteiger partial charge >= 0.3 is 5.97 Å². The molecule has 1 aliphatic rings. The average molecular weight is 304 g/mol. The highest BCUT2D eigenvalue weighted by molar-refractivity contribution is 5.71. The molecule has 1 aromatic carbocycles. The highest BCUT2D eigenvalue weighted by Gasteiger charge is 2.26. The lowest BCUT2D eigenvalue weighted by Gasteiger charge is -2.39. The fraction of sp³-hybridized carbons (Fsp3) is 0.611. The number of ether oxygens (including phenoxy) is 1. The number of carbonyl (C=O) groups is 1. The van der Waals surface area contributed by atoms with Gasteiger partial charge in [-0.2, -0.15) is 0 Å². The van der Waals surface area contributed by atoms with Crippen molar-refractivity contribution in [1.29, 1.82) is 0 Å². The van der Waals surface area contributed by atoms with E-state index >= 15 is 0 Å². The van der Waals surface area contributed by atoms with Gasteiger partial charge in [-0.1, -0.05) is 37.3 Å². The van der Waals surface area contributed by atoms with Gasteiger partial charge in [0.2, 0.25) is 0 Å². The van der Waals surface area contributed by atoms with Gasteiger partial charge in [0.05, 0.1) is 13.7 Å². The first-order valence-electron chi connectivity index (χ1n) is 8.30. The van der Waals surface area contributed by atoms with E-state index in [0.29, 0.717) is 12.6 Å². The number of methoxy groups -OCH3 is 1. The van der Waals surface area contributed by atoms with Gasteiger partial charge in [0.1, 0.15) is 0 Å². The minimum Gasteiger partial charge on any atom is -0.468 e. The number of rotatable bonds is 7. The molecule has 22 heavy (non-hydrogen) atoms. The highest BCUT2D eigenvalue weighted by atomic mass is 16.5. The molecule has 1 aromatic rings. The van der Waals surface area contributed by atoms with Gasteiger partial charge in [-0.3, -0.25) is 14.6 Å². The topological polar surface area (TPSA) is 32.8 Å². The summed E-state index contributed by atoms with van der Waals surface area (Å²) in [5.74, 6) is -0.131. The normalized spacial score (nSPS) is 19.3. The van der Waals surface area contributed by atoms with Crippen molar-refractivity contribution in [2.45, 2.75) is 38.8 Å². The van der Waals surface area contributed by atoms with E-state index in [1.807, 2.05) is 0 Å². The number of likely N-dealkylation sites (tertiary alicyclic amines) is 1. The molecule has 1 saturated heterocycles. The summed E-state index contributed by atoms with van der Waals surface area (Å²) in [4.78, 5) is 16.4. The molecule has 1 heterocycles. The number of hydrogen-bond acceptors (Lipinski definition) is 4. The molecular weight excluding hydrogens is 276 g/mol. The lowest BCUT2D eigenvalue weighted by atomic mass is 10.0. The summed E-state index contributed by atoms with van der Waals surface area (Å²) in [7, 11) is 1.47. The van der Waals surface area contributed by atoms with Crippen LogP contribution in [0.5, 0.6) is 0 Å². The first kappa shape index (κ1) is 17.0. The molecule has 0 aliphatic carbocycles. The maximum Gasteiger partial charge on any atom is 0.319 e. The minimum atomic E-state index is -0.131. The molecule has 1 aliphatic heterocycles. The lowest BCUT2D eigenvalue weighted by Crippen LogP contribution is -2.49. The Morgan fingerprint density at radius 1 is 1.36 bits per heavy atom. The quantitative estimate of drug-likeness (QED) is 0.725. The molecule has 0 amide bonds. The van der Waals surface area contributed by atoms with Gasteiger partial charge < -0.3 is 4.74 Å². The van der Waals surface area contributed by atoms with E-state index in [0.717, 1.165) is 32.6 Å². The molecule has 0 spiro atoms. The Morgan fingerprint density at radius 3 is 2.82 bits per heavy atom. The summed E-state index contributed by atoms with van der Waals surface area (Å²) in [5, 5.41) is 0. The van der Waals surface area contributed by atoms with Crippen molar-refractivity contribution in [3.8, 4) is 0 Å². The number of benzene rings is 1. The van der Waals surface area contributed by atoms with Gasteiger partial charge in [0.15, 0.2) is 0 Å². The predicted octanol–water partition coefficient (Wildman–Crippen LogP) is 2.54. The van der Waals surface area contributed by atoms with Crippen LogP contribution in [0, 0.1) is 0 Å². The largest absolute Gasteiger partial charge is 0.468 e. The molecule has 0 aromatic heterocycles. The van der Waals surface area contributed by atoms with Crippen molar-refractivity contribution in [2.24, 2.45) is 0 Å². The molecule has 2 rings (SSSR count). The van der Waals surface area contributed by atoms with Crippen molar-refractivity contribution in [3.05, 3.63) is 35.9 Å². The summed E-state index contributed by atoms with van der Waals surface area (Å²) < 4.78 is 4.85. The average Bonchev–Trinajstić information content (AvgIpc) is 2.55. The van der Waals surface area contributed by atoms with E-state index in [1.54, 1.807) is 0 Å². The Hall–Kier alpha value is -1.39. The highest BCUT2D eigenvalue weighted by Crippen LogP contribution is 2.18. The second-order valence-corrected chi connectivity index (χ2v) is 6.06. The van der Waals surface area contributed by atoms with Crippen LogP contribution < -0.4 is 0 Å². The van der Waals surface area contributed by atoms with Crippen molar-refractivity contribution >= 4 is 5.97 Å². The smallest absolute Gasteiger partial charge is 0.319 e. The van der Waals surface area contributed by atoms with Crippen LogP contribution >= 0.6 is 0 Å². The lowest BCUT2D eigenvalue weighted by molar-refractivity contribution is -0.142. The molecule has 1 fully saturated rings. The van der Waals surface area contributed by atoms with Crippen molar-refractivity contribution in [3.63, 3.8) is 0 Å². The SMILES string of the molecule is CCCN(CC(=O)OC)C1CCCN(Cc2ccccc2)C1. The molecule has 122 valence electrons. The zero-order chi connectivity index (χ0) is 15.8. The molecule has 1 atom stereocenters. The summed E-state index contributed by atoms with van der Waals surface area (Å²) in [6.07, 6.45) is 3.42. The van der Waals surface area contributed by atoms with E-state index in [1.165, 1.54) is 25.5 Å². The van der Waals surface area contributed by atoms with Gasteiger partial charge in [-0.15, -0.1) is 0 Å². The van der Waals surface area contributed by atoms with Crippen LogP contribution in [0.1, 0.15) is 31.7 Å². The Balaban J connectivity index is 1.93. The van der Waals surface area contributed by atoms with Crippen LogP contribution in [-0.4, -0.2) is 55.1 Å². The molecule has 0 N–H and O–H groups in total. The van der Waals surface area contributed by atoms with Crippen LogP contribution in [-0.2, 0) is 16.1 Å². The molecule has 0 bridgehead atoms. The van der Waals surface area contributed by atoms with Gasteiger partial charge in [0.25, 0.3) is 0 Å². The standard InChI is InChI=1S/C18H28N2O2/c1-3-11-20(15-18(21)22-2)17-10-7-12-19(14-17)13-16-8-5-4-6-9-16/h4-6,8-9,17H,3,7,10-15H2,1-2H3. The number of nitrogens with zero attached hydrogens (tertiary/aromatic N) is 2. The Morgan fingerprint density at radius 2 is 2.14 bits per heavy atom. The van der Waals surface area contributed by atoms with Crippen molar-refractivity contribution in [2.75, 3.05) is 33.3 Å². The fourth-order valence-electron chi connectivity index (χ4n) is 3.22. The molecule has 4 heteroatoms. The van der Waals surface area contributed by atoms with Crippen LogP contribution in [0.4, 0.5) is 0 Å². The van der Waals surface area contributed by atoms with Crippen LogP contribution in [0.3, 0.4) is 0 Å². The molecule has 0 saturated carbocycles. The zero-order valence-electron chi connectivity index (χ0n) is 13.8. The molecular formula is C18H28N2O2. The third-order valence-electron chi connectivity index (χ3n) is 4.32. The maximum absolute atomic E-state index is 11.6. The maximum atomic E-state index is 11.6. The first-order valence-corrected chi connectivity index (χ1v) is 8.30. The number of esters is 1. The summed E-state index contributed by atoms with van der Waals surface area (Å²) in [6.45, 7) is 6.70. The predicted molar refractivity (Wildman–Crippen MR) is 88.6 cm³/mol. The van der Waals surface area contributed by atoms with E-state index in [2.05, 4.69) is 47.1 Å². The van der Waals surface area contributed by atoms with Gasteiger partial charge in [-0.05, 0) is 37.9 Å². The number of piperidine rings is 1. The molecule has 0 radical (unpaired) electrons. The summed E-state index contributed by atoms with van der Waals surface area (Å²) in [5.41, 5.74) is 1.36. The Labute approximate surface area is 134 Å². The number of carbonyl (C=O) groups excluding carboxylic acids is 1. The Kier molecular flexibility index (Phi) is 6.87. The molecule has 1 unspecified atom stereocenters. The fourth-order valence-corrected chi connectivity index (χ4v) is 3.22. The number of hydrogen-bond donors (Lipinski definition) is 0. The van der Waals surface area contributed by atoms with E-state index in [9.17, 15) is 4.79 Å².